The van der Waals surface area contributed by atoms with E-state index in [2.05, 4.69) is 0 Å². The van der Waals surface area contributed by atoms with Crippen LogP contribution in [-0.4, -0.2) is 64.9 Å². The van der Waals surface area contributed by atoms with Crippen LogP contribution in [0.2, 0.25) is 0 Å². The van der Waals surface area contributed by atoms with E-state index in [0.717, 1.165) is 25.9 Å². The molecule has 20 heavy (non-hydrogen) atoms. The molecule has 112 valence electrons. The highest BCUT2D eigenvalue weighted by molar-refractivity contribution is 5.93. The Labute approximate surface area is 121 Å². The van der Waals surface area contributed by atoms with Crippen molar-refractivity contribution < 1.29 is 9.59 Å². The van der Waals surface area contributed by atoms with Crippen molar-refractivity contribution in [1.29, 1.82) is 0 Å². The quantitative estimate of drug-likeness (QED) is 0.738. The summed E-state index contributed by atoms with van der Waals surface area (Å²) in [6.07, 6.45) is 5.94. The van der Waals surface area contributed by atoms with Crippen LogP contribution in [0.25, 0.3) is 0 Å². The Morgan fingerprint density at radius 2 is 1.80 bits per heavy atom. The molecule has 1 atom stereocenters. The summed E-state index contributed by atoms with van der Waals surface area (Å²) >= 11 is 0. The fourth-order valence-corrected chi connectivity index (χ4v) is 3.04. The Balaban J connectivity index is 2.17. The van der Waals surface area contributed by atoms with Crippen molar-refractivity contribution in [1.82, 2.24) is 14.7 Å². The smallest absolute Gasteiger partial charge is 0.321 e. The number of carbonyl (C=O) groups is 2. The van der Waals surface area contributed by atoms with Gasteiger partial charge >= 0.3 is 6.03 Å². The molecule has 0 spiro atoms. The number of rotatable bonds is 3. The summed E-state index contributed by atoms with van der Waals surface area (Å²) in [5, 5.41) is 0. The van der Waals surface area contributed by atoms with Gasteiger partial charge in [-0.15, -0.1) is 0 Å². The summed E-state index contributed by atoms with van der Waals surface area (Å²) in [6.45, 7) is 9.27. The molecule has 0 N–H and O–H groups in total. The van der Waals surface area contributed by atoms with Crippen molar-refractivity contribution >= 4 is 11.9 Å². The van der Waals surface area contributed by atoms with Crippen LogP contribution in [0.15, 0.2) is 12.2 Å². The van der Waals surface area contributed by atoms with Gasteiger partial charge in [-0.1, -0.05) is 12.2 Å². The minimum absolute atomic E-state index is 0.0463. The molecule has 1 saturated heterocycles. The number of urea groups is 1. The minimum atomic E-state index is -0.815. The van der Waals surface area contributed by atoms with E-state index in [1.807, 2.05) is 37.8 Å². The zero-order valence-corrected chi connectivity index (χ0v) is 12.8. The topological polar surface area (TPSA) is 43.9 Å². The van der Waals surface area contributed by atoms with Gasteiger partial charge in [0.05, 0.1) is 0 Å². The van der Waals surface area contributed by atoms with Gasteiger partial charge in [0.1, 0.15) is 5.54 Å². The number of amides is 3. The van der Waals surface area contributed by atoms with Crippen molar-refractivity contribution in [2.24, 2.45) is 0 Å². The first-order valence-corrected chi connectivity index (χ1v) is 7.58. The van der Waals surface area contributed by atoms with Crippen molar-refractivity contribution in [2.75, 3.05) is 32.7 Å². The largest absolute Gasteiger partial charge is 0.340 e. The molecular formula is C15H25N3O2. The van der Waals surface area contributed by atoms with Gasteiger partial charge in [-0.05, 0) is 33.6 Å². The standard InChI is InChI=1S/C15H25N3O2/c1-4-16(5-2)14(20)18-12-8-9-15(18,3)13(19)17-10-6-7-11-17/h8-9H,4-7,10-12H2,1-3H3. The Morgan fingerprint density at radius 1 is 1.20 bits per heavy atom. The summed E-state index contributed by atoms with van der Waals surface area (Å²) in [4.78, 5) is 30.7. The highest BCUT2D eigenvalue weighted by atomic mass is 16.2. The van der Waals surface area contributed by atoms with E-state index in [-0.39, 0.29) is 11.9 Å². The van der Waals surface area contributed by atoms with Crippen molar-refractivity contribution in [3.8, 4) is 0 Å². The average molecular weight is 279 g/mol. The molecule has 0 aromatic heterocycles. The third-order valence-electron chi connectivity index (χ3n) is 4.38. The lowest BCUT2D eigenvalue weighted by Gasteiger charge is -2.38. The van der Waals surface area contributed by atoms with E-state index in [1.165, 1.54) is 0 Å². The van der Waals surface area contributed by atoms with Gasteiger partial charge in [-0.3, -0.25) is 4.79 Å². The van der Waals surface area contributed by atoms with E-state index in [0.29, 0.717) is 19.6 Å². The predicted octanol–water partition coefficient (Wildman–Crippen LogP) is 1.70. The lowest BCUT2D eigenvalue weighted by atomic mass is 10.0. The summed E-state index contributed by atoms with van der Waals surface area (Å²) in [6, 6.07) is -0.0463. The van der Waals surface area contributed by atoms with Crippen LogP contribution in [0.1, 0.15) is 33.6 Å². The minimum Gasteiger partial charge on any atom is -0.340 e. The molecule has 0 aliphatic carbocycles. The number of likely N-dealkylation sites (tertiary alicyclic amines) is 1. The summed E-state index contributed by atoms with van der Waals surface area (Å²) < 4.78 is 0. The van der Waals surface area contributed by atoms with Crippen LogP contribution >= 0.6 is 0 Å². The van der Waals surface area contributed by atoms with Gasteiger partial charge in [-0.25, -0.2) is 4.79 Å². The molecule has 2 heterocycles. The fourth-order valence-electron chi connectivity index (χ4n) is 3.04. The summed E-state index contributed by atoms with van der Waals surface area (Å²) in [5.74, 6) is 0.0595. The highest BCUT2D eigenvalue weighted by Crippen LogP contribution is 2.28. The number of hydrogen-bond acceptors (Lipinski definition) is 2. The Bertz CT molecular complexity index is 411. The molecule has 0 radical (unpaired) electrons. The number of hydrogen-bond donors (Lipinski definition) is 0. The molecule has 0 bridgehead atoms. The Hall–Kier alpha value is -1.52. The monoisotopic (exact) mass is 279 g/mol. The van der Waals surface area contributed by atoms with Crippen LogP contribution in [-0.2, 0) is 4.79 Å². The Kier molecular flexibility index (Phi) is 4.35. The van der Waals surface area contributed by atoms with Crippen LogP contribution in [0.3, 0.4) is 0 Å². The molecule has 0 aromatic carbocycles. The zero-order chi connectivity index (χ0) is 14.8. The van der Waals surface area contributed by atoms with Gasteiger partial charge < -0.3 is 14.7 Å². The second kappa shape index (κ2) is 5.85. The molecule has 1 unspecified atom stereocenters. The molecule has 0 saturated carbocycles. The van der Waals surface area contributed by atoms with E-state index < -0.39 is 5.54 Å². The summed E-state index contributed by atoms with van der Waals surface area (Å²) in [5.41, 5.74) is -0.815. The summed E-state index contributed by atoms with van der Waals surface area (Å²) in [7, 11) is 0. The van der Waals surface area contributed by atoms with E-state index >= 15 is 0 Å². The first-order valence-electron chi connectivity index (χ1n) is 7.58. The molecule has 2 aliphatic heterocycles. The molecular weight excluding hydrogens is 254 g/mol. The van der Waals surface area contributed by atoms with Crippen LogP contribution in [0, 0.1) is 0 Å². The second-order valence-corrected chi connectivity index (χ2v) is 5.61. The number of carbonyl (C=O) groups excluding carboxylic acids is 2. The molecule has 2 rings (SSSR count). The van der Waals surface area contributed by atoms with Crippen LogP contribution in [0.4, 0.5) is 4.79 Å². The van der Waals surface area contributed by atoms with Crippen LogP contribution < -0.4 is 0 Å². The first-order chi connectivity index (χ1) is 9.54. The maximum Gasteiger partial charge on any atom is 0.321 e. The molecule has 1 fully saturated rings. The average Bonchev–Trinajstić information content (AvgIpc) is 3.09. The number of nitrogens with zero attached hydrogens (tertiary/aromatic N) is 3. The van der Waals surface area contributed by atoms with E-state index in [9.17, 15) is 9.59 Å². The predicted molar refractivity (Wildman–Crippen MR) is 78.4 cm³/mol. The normalized spacial score (nSPS) is 25.4. The third kappa shape index (κ3) is 2.41. The second-order valence-electron chi connectivity index (χ2n) is 5.61. The first kappa shape index (κ1) is 14.9. The van der Waals surface area contributed by atoms with Crippen molar-refractivity contribution in [3.05, 3.63) is 12.2 Å². The van der Waals surface area contributed by atoms with Gasteiger partial charge in [-0.2, -0.15) is 0 Å². The zero-order valence-electron chi connectivity index (χ0n) is 12.8. The van der Waals surface area contributed by atoms with Crippen molar-refractivity contribution in [2.45, 2.75) is 39.2 Å². The lowest BCUT2D eigenvalue weighted by Crippen LogP contribution is -2.58. The molecule has 0 aromatic rings. The lowest BCUT2D eigenvalue weighted by molar-refractivity contribution is -0.137. The molecule has 5 nitrogen and oxygen atoms in total. The van der Waals surface area contributed by atoms with E-state index in [4.69, 9.17) is 0 Å². The molecule has 5 heteroatoms. The van der Waals surface area contributed by atoms with Gasteiger partial charge in [0.2, 0.25) is 0 Å². The highest BCUT2D eigenvalue weighted by Gasteiger charge is 2.46. The maximum absolute atomic E-state index is 12.7. The SMILES string of the molecule is CCN(CC)C(=O)N1CC=CC1(C)C(=O)N1CCCC1. The maximum atomic E-state index is 12.7. The third-order valence-corrected chi connectivity index (χ3v) is 4.38. The van der Waals surface area contributed by atoms with Gasteiger partial charge in [0.25, 0.3) is 5.91 Å². The van der Waals surface area contributed by atoms with Gasteiger partial charge in [0, 0.05) is 32.7 Å². The van der Waals surface area contributed by atoms with E-state index in [1.54, 1.807) is 9.80 Å². The molecule has 3 amide bonds. The molecule has 2 aliphatic rings. The fraction of sp³-hybridized carbons (Fsp3) is 0.733. The van der Waals surface area contributed by atoms with Crippen molar-refractivity contribution in [3.63, 3.8) is 0 Å². The Morgan fingerprint density at radius 3 is 2.35 bits per heavy atom. The van der Waals surface area contributed by atoms with Crippen LogP contribution in [0.5, 0.6) is 0 Å². The van der Waals surface area contributed by atoms with Gasteiger partial charge in [0.15, 0.2) is 0 Å².